The van der Waals surface area contributed by atoms with Crippen molar-refractivity contribution >= 4 is 11.8 Å². The fourth-order valence-electron chi connectivity index (χ4n) is 4.96. The molecule has 0 radical (unpaired) electrons. The topological polar surface area (TPSA) is 85.7 Å². The minimum Gasteiger partial charge on any atom is -0.496 e. The number of carbonyl (C=O) groups is 2. The number of hydrogen-bond donors (Lipinski definition) is 1. The summed E-state index contributed by atoms with van der Waals surface area (Å²) in [6, 6.07) is 16.0. The number of carbonyl (C=O) groups excluding carboxylic acids is 2. The number of aryl methyl sites for hydroxylation is 1. The van der Waals surface area contributed by atoms with Gasteiger partial charge in [0.15, 0.2) is 5.69 Å². The summed E-state index contributed by atoms with van der Waals surface area (Å²) >= 11 is 0. The van der Waals surface area contributed by atoms with Crippen molar-refractivity contribution < 1.29 is 19.1 Å². The molecule has 3 aromatic rings. The van der Waals surface area contributed by atoms with E-state index in [1.54, 1.807) is 18.3 Å². The van der Waals surface area contributed by atoms with Gasteiger partial charge in [-0.1, -0.05) is 48.0 Å². The maximum atomic E-state index is 13.3. The van der Waals surface area contributed by atoms with Crippen molar-refractivity contribution in [1.29, 1.82) is 0 Å². The molecule has 36 heavy (non-hydrogen) atoms. The van der Waals surface area contributed by atoms with Crippen LogP contribution in [0, 0.1) is 12.8 Å². The van der Waals surface area contributed by atoms with Gasteiger partial charge in [-0.3, -0.25) is 9.59 Å². The van der Waals surface area contributed by atoms with Crippen molar-refractivity contribution in [2.75, 3.05) is 20.2 Å². The highest BCUT2D eigenvalue weighted by atomic mass is 16.5. The van der Waals surface area contributed by atoms with Crippen LogP contribution in [0.2, 0.25) is 0 Å². The Labute approximate surface area is 211 Å². The summed E-state index contributed by atoms with van der Waals surface area (Å²) in [4.78, 5) is 32.3. The summed E-state index contributed by atoms with van der Waals surface area (Å²) < 4.78 is 13.5. The first-order valence-corrected chi connectivity index (χ1v) is 12.4. The molecule has 1 saturated heterocycles. The van der Waals surface area contributed by atoms with Gasteiger partial charge in [-0.25, -0.2) is 4.98 Å². The van der Waals surface area contributed by atoms with Crippen LogP contribution < -0.4 is 10.1 Å². The summed E-state index contributed by atoms with van der Waals surface area (Å²) in [5.74, 6) is 0.575. The minimum atomic E-state index is -0.113. The van der Waals surface area contributed by atoms with Crippen molar-refractivity contribution in [3.8, 4) is 5.75 Å². The molecule has 1 aromatic heterocycles. The van der Waals surface area contributed by atoms with Crippen LogP contribution in [0.3, 0.4) is 0 Å². The number of nitrogens with one attached hydrogen (secondary N) is 1. The molecule has 0 unspecified atom stereocenters. The molecule has 1 atom stereocenters. The number of para-hydroxylation sites is 1. The Hall–Kier alpha value is -3.65. The lowest BCUT2D eigenvalue weighted by Gasteiger charge is -2.31. The van der Waals surface area contributed by atoms with Crippen molar-refractivity contribution in [2.45, 2.75) is 45.6 Å². The van der Waals surface area contributed by atoms with E-state index >= 15 is 0 Å². The maximum Gasteiger partial charge on any atom is 0.274 e. The molecule has 2 aliphatic rings. The zero-order valence-corrected chi connectivity index (χ0v) is 20.8. The highest BCUT2D eigenvalue weighted by molar-refractivity contribution is 5.93. The maximum absolute atomic E-state index is 13.3. The van der Waals surface area contributed by atoms with Crippen molar-refractivity contribution in [3.63, 3.8) is 0 Å². The number of likely N-dealkylation sites (tertiary alicyclic amines) is 1. The summed E-state index contributed by atoms with van der Waals surface area (Å²) in [6.45, 7) is 4.53. The molecule has 1 N–H and O–H groups in total. The van der Waals surface area contributed by atoms with Crippen molar-refractivity contribution in [1.82, 2.24) is 19.8 Å². The first kappa shape index (κ1) is 24.1. The minimum absolute atomic E-state index is 0.0166. The predicted molar refractivity (Wildman–Crippen MR) is 134 cm³/mol. The van der Waals surface area contributed by atoms with E-state index in [9.17, 15) is 9.59 Å². The second kappa shape index (κ2) is 10.5. The lowest BCUT2D eigenvalue weighted by Crippen LogP contribution is -2.43. The predicted octanol–water partition coefficient (Wildman–Crippen LogP) is 3.64. The van der Waals surface area contributed by atoms with Crippen LogP contribution in [-0.4, -0.2) is 46.5 Å². The number of piperidine rings is 1. The summed E-state index contributed by atoms with van der Waals surface area (Å²) in [5.41, 5.74) is 4.55. The van der Waals surface area contributed by atoms with Gasteiger partial charge in [-0.2, -0.15) is 0 Å². The van der Waals surface area contributed by atoms with E-state index in [1.165, 1.54) is 5.56 Å². The largest absolute Gasteiger partial charge is 0.496 e. The lowest BCUT2D eigenvalue weighted by atomic mass is 9.95. The second-order valence-electron chi connectivity index (χ2n) is 9.50. The van der Waals surface area contributed by atoms with Gasteiger partial charge in [0.25, 0.3) is 5.91 Å². The van der Waals surface area contributed by atoms with Crippen LogP contribution in [0.4, 0.5) is 0 Å². The fraction of sp³-hybridized carbons (Fsp3) is 0.393. The van der Waals surface area contributed by atoms with E-state index in [1.807, 2.05) is 28.8 Å². The van der Waals surface area contributed by atoms with E-state index in [4.69, 9.17) is 9.47 Å². The first-order valence-electron chi connectivity index (χ1n) is 12.4. The standard InChI is InChI=1S/C28H32N4O4/c1-19-7-9-20(10-8-19)25-16-32-18-30-26(23(32)17-36-25)28(34)31-13-11-21(12-14-31)27(33)29-15-22-5-3-4-6-24(22)35-2/h3-10,18,21,25H,11-17H2,1-2H3,(H,29,33)/t25-/m0/s1. The molecule has 0 saturated carbocycles. The monoisotopic (exact) mass is 488 g/mol. The zero-order chi connectivity index (χ0) is 25.1. The Balaban J connectivity index is 1.15. The normalized spacial score (nSPS) is 17.9. The third-order valence-electron chi connectivity index (χ3n) is 7.18. The summed E-state index contributed by atoms with van der Waals surface area (Å²) in [6.07, 6.45) is 2.95. The van der Waals surface area contributed by atoms with Gasteiger partial charge in [0, 0.05) is 31.1 Å². The number of benzene rings is 2. The van der Waals surface area contributed by atoms with Crippen LogP contribution in [0.25, 0.3) is 0 Å². The average Bonchev–Trinajstić information content (AvgIpc) is 3.35. The third kappa shape index (κ3) is 4.99. The highest BCUT2D eigenvalue weighted by Gasteiger charge is 2.32. The van der Waals surface area contributed by atoms with Crippen molar-refractivity contribution in [2.24, 2.45) is 5.92 Å². The molecule has 0 bridgehead atoms. The van der Waals surface area contributed by atoms with Gasteiger partial charge >= 0.3 is 0 Å². The van der Waals surface area contributed by atoms with Gasteiger partial charge < -0.3 is 24.3 Å². The molecular weight excluding hydrogens is 456 g/mol. The SMILES string of the molecule is COc1ccccc1CNC(=O)C1CCN(C(=O)c2ncn3c2CO[C@H](c2ccc(C)cc2)C3)CC1. The van der Waals surface area contributed by atoms with Crippen LogP contribution in [0.5, 0.6) is 5.75 Å². The quantitative estimate of drug-likeness (QED) is 0.573. The Morgan fingerprint density at radius 2 is 1.86 bits per heavy atom. The summed E-state index contributed by atoms with van der Waals surface area (Å²) in [7, 11) is 1.62. The molecule has 2 aliphatic heterocycles. The molecular formula is C28H32N4O4. The van der Waals surface area contributed by atoms with Gasteiger partial charge in [-0.05, 0) is 31.4 Å². The number of ether oxygens (including phenoxy) is 2. The summed E-state index contributed by atoms with van der Waals surface area (Å²) in [5, 5.41) is 3.02. The number of rotatable bonds is 6. The van der Waals surface area contributed by atoms with E-state index < -0.39 is 0 Å². The second-order valence-corrected chi connectivity index (χ2v) is 9.50. The number of hydrogen-bond acceptors (Lipinski definition) is 5. The number of fused-ring (bicyclic) bond motifs is 1. The van der Waals surface area contributed by atoms with Gasteiger partial charge in [0.2, 0.25) is 5.91 Å². The van der Waals surface area contributed by atoms with Gasteiger partial charge in [0.05, 0.1) is 32.3 Å². The first-order chi connectivity index (χ1) is 17.5. The van der Waals surface area contributed by atoms with E-state index in [2.05, 4.69) is 41.5 Å². The number of imidazole rings is 1. The van der Waals surface area contributed by atoms with E-state index in [-0.39, 0.29) is 23.8 Å². The van der Waals surface area contributed by atoms with E-state index in [0.29, 0.717) is 51.3 Å². The Kier molecular flexibility index (Phi) is 7.04. The molecule has 0 aliphatic carbocycles. The number of nitrogens with zero attached hydrogens (tertiary/aromatic N) is 3. The molecule has 0 spiro atoms. The van der Waals surface area contributed by atoms with Gasteiger partial charge in [-0.15, -0.1) is 0 Å². The van der Waals surface area contributed by atoms with Crippen LogP contribution >= 0.6 is 0 Å². The molecule has 5 rings (SSSR count). The van der Waals surface area contributed by atoms with Crippen LogP contribution in [0.1, 0.15) is 51.8 Å². The Morgan fingerprint density at radius 1 is 1.11 bits per heavy atom. The third-order valence-corrected chi connectivity index (χ3v) is 7.18. The molecule has 8 heteroatoms. The van der Waals surface area contributed by atoms with Crippen molar-refractivity contribution in [3.05, 3.63) is 82.9 Å². The van der Waals surface area contributed by atoms with Crippen LogP contribution in [0.15, 0.2) is 54.9 Å². The molecule has 188 valence electrons. The number of aromatic nitrogens is 2. The molecule has 1 fully saturated rings. The molecule has 2 aromatic carbocycles. The average molecular weight is 489 g/mol. The van der Waals surface area contributed by atoms with E-state index in [0.717, 1.165) is 22.6 Å². The molecule has 8 nitrogen and oxygen atoms in total. The fourth-order valence-corrected chi connectivity index (χ4v) is 4.96. The zero-order valence-electron chi connectivity index (χ0n) is 20.8. The number of methoxy groups -OCH3 is 1. The van der Waals surface area contributed by atoms with Crippen LogP contribution in [-0.2, 0) is 29.2 Å². The number of amides is 2. The Morgan fingerprint density at radius 3 is 2.61 bits per heavy atom. The molecule has 2 amide bonds. The van der Waals surface area contributed by atoms with Gasteiger partial charge in [0.1, 0.15) is 11.9 Å². The molecule has 3 heterocycles. The lowest BCUT2D eigenvalue weighted by molar-refractivity contribution is -0.126. The highest BCUT2D eigenvalue weighted by Crippen LogP contribution is 2.29. The Bertz CT molecular complexity index is 1230. The smallest absolute Gasteiger partial charge is 0.274 e.